The van der Waals surface area contributed by atoms with Crippen LogP contribution >= 0.6 is 11.8 Å². The molecular weight excluding hydrogens is 224 g/mol. The molecule has 0 N–H and O–H groups in total. The SMILES string of the molecule is CCCC(CCOC(C)=O)SC(=O)C(C)C. The molecule has 0 fully saturated rings. The number of thioether (sulfide) groups is 1. The zero-order valence-corrected chi connectivity index (χ0v) is 11.4. The first-order chi connectivity index (χ1) is 7.47. The van der Waals surface area contributed by atoms with Gasteiger partial charge in [-0.3, -0.25) is 9.59 Å². The monoisotopic (exact) mass is 246 g/mol. The molecule has 0 heterocycles. The van der Waals surface area contributed by atoms with Gasteiger partial charge in [0.15, 0.2) is 5.12 Å². The number of carbonyl (C=O) groups is 2. The standard InChI is InChI=1S/C12H22O3S/c1-5-6-11(7-8-15-10(4)13)16-12(14)9(2)3/h9,11H,5-8H2,1-4H3. The molecule has 3 nitrogen and oxygen atoms in total. The lowest BCUT2D eigenvalue weighted by Crippen LogP contribution is -2.14. The number of rotatable bonds is 7. The summed E-state index contributed by atoms with van der Waals surface area (Å²) < 4.78 is 4.90. The predicted molar refractivity (Wildman–Crippen MR) is 67.4 cm³/mol. The molecule has 0 rings (SSSR count). The molecule has 0 bridgehead atoms. The van der Waals surface area contributed by atoms with Crippen molar-refractivity contribution in [2.24, 2.45) is 5.92 Å². The van der Waals surface area contributed by atoms with Crippen molar-refractivity contribution in [2.75, 3.05) is 6.61 Å². The normalized spacial score (nSPS) is 12.6. The van der Waals surface area contributed by atoms with E-state index in [4.69, 9.17) is 4.74 Å². The molecule has 0 aromatic carbocycles. The molecule has 0 aromatic rings. The first kappa shape index (κ1) is 15.5. The van der Waals surface area contributed by atoms with Gasteiger partial charge >= 0.3 is 5.97 Å². The van der Waals surface area contributed by atoms with Gasteiger partial charge < -0.3 is 4.74 Å². The fourth-order valence-corrected chi connectivity index (χ4v) is 2.39. The van der Waals surface area contributed by atoms with Gasteiger partial charge in [-0.25, -0.2) is 0 Å². The molecule has 0 radical (unpaired) electrons. The van der Waals surface area contributed by atoms with E-state index in [1.165, 1.54) is 18.7 Å². The van der Waals surface area contributed by atoms with E-state index >= 15 is 0 Å². The molecule has 1 atom stereocenters. The van der Waals surface area contributed by atoms with Crippen LogP contribution in [0.2, 0.25) is 0 Å². The quantitative estimate of drug-likeness (QED) is 0.648. The van der Waals surface area contributed by atoms with Crippen LogP contribution in [0, 0.1) is 5.92 Å². The first-order valence-electron chi connectivity index (χ1n) is 5.81. The lowest BCUT2D eigenvalue weighted by Gasteiger charge is -2.15. The Morgan fingerprint density at radius 1 is 1.25 bits per heavy atom. The number of hydrogen-bond donors (Lipinski definition) is 0. The summed E-state index contributed by atoms with van der Waals surface area (Å²) in [6.07, 6.45) is 2.80. The van der Waals surface area contributed by atoms with Crippen molar-refractivity contribution in [2.45, 2.75) is 52.2 Å². The molecule has 94 valence electrons. The van der Waals surface area contributed by atoms with Crippen molar-refractivity contribution in [1.29, 1.82) is 0 Å². The highest BCUT2D eigenvalue weighted by Gasteiger charge is 2.16. The topological polar surface area (TPSA) is 43.4 Å². The molecule has 0 aliphatic heterocycles. The summed E-state index contributed by atoms with van der Waals surface area (Å²) in [5.41, 5.74) is 0. The van der Waals surface area contributed by atoms with E-state index in [0.29, 0.717) is 6.61 Å². The van der Waals surface area contributed by atoms with Crippen molar-refractivity contribution >= 4 is 22.8 Å². The van der Waals surface area contributed by atoms with Gasteiger partial charge in [-0.15, -0.1) is 0 Å². The van der Waals surface area contributed by atoms with Crippen LogP contribution in [0.15, 0.2) is 0 Å². The van der Waals surface area contributed by atoms with Gasteiger partial charge in [0.25, 0.3) is 0 Å². The predicted octanol–water partition coefficient (Wildman–Crippen LogP) is 3.02. The molecule has 0 saturated heterocycles. The van der Waals surface area contributed by atoms with Crippen LogP contribution in [0.4, 0.5) is 0 Å². The zero-order chi connectivity index (χ0) is 12.6. The van der Waals surface area contributed by atoms with Gasteiger partial charge in [0, 0.05) is 18.1 Å². The maximum absolute atomic E-state index is 11.6. The second kappa shape index (κ2) is 8.62. The average molecular weight is 246 g/mol. The minimum atomic E-state index is -0.254. The van der Waals surface area contributed by atoms with Crippen molar-refractivity contribution in [1.82, 2.24) is 0 Å². The lowest BCUT2D eigenvalue weighted by molar-refractivity contribution is -0.141. The summed E-state index contributed by atoms with van der Waals surface area (Å²) in [4.78, 5) is 22.2. The van der Waals surface area contributed by atoms with Crippen molar-refractivity contribution in [3.8, 4) is 0 Å². The van der Waals surface area contributed by atoms with Gasteiger partial charge in [-0.05, 0) is 12.8 Å². The minimum absolute atomic E-state index is 0.0677. The van der Waals surface area contributed by atoms with Crippen LogP contribution in [0.1, 0.15) is 47.0 Å². The molecule has 1 unspecified atom stereocenters. The maximum Gasteiger partial charge on any atom is 0.302 e. The van der Waals surface area contributed by atoms with Crippen LogP contribution in [0.25, 0.3) is 0 Å². The summed E-state index contributed by atoms with van der Waals surface area (Å²) in [5.74, 6) is -0.187. The van der Waals surface area contributed by atoms with Crippen molar-refractivity contribution in [3.05, 3.63) is 0 Å². The van der Waals surface area contributed by atoms with Gasteiger partial charge in [-0.2, -0.15) is 0 Å². The van der Waals surface area contributed by atoms with Gasteiger partial charge in [-0.1, -0.05) is 39.0 Å². The highest BCUT2D eigenvalue weighted by atomic mass is 32.2. The van der Waals surface area contributed by atoms with E-state index in [0.717, 1.165) is 19.3 Å². The molecule has 0 saturated carbocycles. The number of hydrogen-bond acceptors (Lipinski definition) is 4. The Kier molecular flexibility index (Phi) is 8.35. The van der Waals surface area contributed by atoms with Crippen LogP contribution in [-0.2, 0) is 14.3 Å². The Bertz CT molecular complexity index is 226. The largest absolute Gasteiger partial charge is 0.466 e. The molecule has 0 aliphatic rings. The zero-order valence-electron chi connectivity index (χ0n) is 10.6. The minimum Gasteiger partial charge on any atom is -0.466 e. The van der Waals surface area contributed by atoms with Gasteiger partial charge in [0.2, 0.25) is 0 Å². The summed E-state index contributed by atoms with van der Waals surface area (Å²) in [5, 5.41) is 0.500. The fraction of sp³-hybridized carbons (Fsp3) is 0.833. The number of ether oxygens (including phenoxy) is 1. The van der Waals surface area contributed by atoms with E-state index in [-0.39, 0.29) is 22.3 Å². The van der Waals surface area contributed by atoms with Crippen LogP contribution in [0.3, 0.4) is 0 Å². The maximum atomic E-state index is 11.6. The van der Waals surface area contributed by atoms with E-state index < -0.39 is 0 Å². The molecule has 0 aromatic heterocycles. The van der Waals surface area contributed by atoms with E-state index in [2.05, 4.69) is 6.92 Å². The summed E-state index contributed by atoms with van der Waals surface area (Å²) in [6.45, 7) is 7.73. The molecule has 16 heavy (non-hydrogen) atoms. The molecule has 0 amide bonds. The summed E-state index contributed by atoms with van der Waals surface area (Å²) in [7, 11) is 0. The fourth-order valence-electron chi connectivity index (χ4n) is 1.22. The van der Waals surface area contributed by atoms with Crippen LogP contribution in [-0.4, -0.2) is 22.9 Å². The highest BCUT2D eigenvalue weighted by Crippen LogP contribution is 2.23. The van der Waals surface area contributed by atoms with Crippen LogP contribution < -0.4 is 0 Å². The summed E-state index contributed by atoms with van der Waals surface area (Å²) >= 11 is 1.40. The Balaban J connectivity index is 3.96. The average Bonchev–Trinajstić information content (AvgIpc) is 2.17. The third-order valence-electron chi connectivity index (χ3n) is 2.11. The van der Waals surface area contributed by atoms with E-state index in [1.807, 2.05) is 13.8 Å². The third kappa shape index (κ3) is 7.74. The molecular formula is C12H22O3S. The second-order valence-electron chi connectivity index (χ2n) is 4.13. The molecule has 0 aliphatic carbocycles. The molecule has 0 spiro atoms. The smallest absolute Gasteiger partial charge is 0.302 e. The van der Waals surface area contributed by atoms with E-state index in [1.54, 1.807) is 0 Å². The Morgan fingerprint density at radius 2 is 1.88 bits per heavy atom. The summed E-state index contributed by atoms with van der Waals surface area (Å²) in [6, 6.07) is 0. The Labute approximate surface area is 102 Å². The third-order valence-corrected chi connectivity index (χ3v) is 3.62. The Hall–Kier alpha value is -0.510. The van der Waals surface area contributed by atoms with Crippen molar-refractivity contribution < 1.29 is 14.3 Å². The highest BCUT2D eigenvalue weighted by molar-refractivity contribution is 8.14. The lowest BCUT2D eigenvalue weighted by atomic mass is 10.2. The van der Waals surface area contributed by atoms with E-state index in [9.17, 15) is 9.59 Å². The van der Waals surface area contributed by atoms with Crippen molar-refractivity contribution in [3.63, 3.8) is 0 Å². The van der Waals surface area contributed by atoms with Gasteiger partial charge in [0.05, 0.1) is 6.61 Å². The molecule has 4 heteroatoms. The Morgan fingerprint density at radius 3 is 2.31 bits per heavy atom. The number of carbonyl (C=O) groups excluding carboxylic acids is 2. The second-order valence-corrected chi connectivity index (χ2v) is 5.44. The van der Waals surface area contributed by atoms with Crippen LogP contribution in [0.5, 0.6) is 0 Å². The number of esters is 1. The van der Waals surface area contributed by atoms with Gasteiger partial charge in [0.1, 0.15) is 0 Å². The first-order valence-corrected chi connectivity index (χ1v) is 6.69.